The number of ether oxygens (including phenoxy) is 1. The minimum atomic E-state index is 0.307. The van der Waals surface area contributed by atoms with Crippen molar-refractivity contribution in [2.75, 3.05) is 24.3 Å². The van der Waals surface area contributed by atoms with Crippen molar-refractivity contribution in [2.45, 2.75) is 25.8 Å². The third-order valence-corrected chi connectivity index (χ3v) is 5.34. The van der Waals surface area contributed by atoms with Gasteiger partial charge < -0.3 is 15.4 Å². The first kappa shape index (κ1) is 16.8. The zero-order chi connectivity index (χ0) is 19.1. The molecule has 0 bridgehead atoms. The molecule has 7 heteroatoms. The SMILES string of the molecule is COc1cccc2c1nc(N)n1nc(CN3CCCCc4ccccc43)nc21. The molecule has 142 valence electrons. The van der Waals surface area contributed by atoms with Gasteiger partial charge in [0.2, 0.25) is 5.95 Å². The fraction of sp³-hybridized carbons (Fsp3) is 0.286. The monoisotopic (exact) mass is 374 g/mol. The van der Waals surface area contributed by atoms with Crippen LogP contribution in [0.5, 0.6) is 5.75 Å². The Morgan fingerprint density at radius 3 is 2.86 bits per heavy atom. The summed E-state index contributed by atoms with van der Waals surface area (Å²) < 4.78 is 7.05. The lowest BCUT2D eigenvalue weighted by atomic mass is 10.1. The van der Waals surface area contributed by atoms with Crippen molar-refractivity contribution in [3.05, 3.63) is 53.9 Å². The average Bonchev–Trinajstić information content (AvgIpc) is 3.04. The van der Waals surface area contributed by atoms with E-state index in [1.807, 2.05) is 18.2 Å². The second-order valence-corrected chi connectivity index (χ2v) is 7.10. The molecule has 7 nitrogen and oxygen atoms in total. The van der Waals surface area contributed by atoms with Crippen LogP contribution in [0.1, 0.15) is 24.2 Å². The summed E-state index contributed by atoms with van der Waals surface area (Å²) in [6, 6.07) is 14.4. The van der Waals surface area contributed by atoms with E-state index in [0.717, 1.165) is 30.6 Å². The Bertz CT molecular complexity index is 1170. The highest BCUT2D eigenvalue weighted by Gasteiger charge is 2.19. The maximum atomic E-state index is 6.17. The van der Waals surface area contributed by atoms with Crippen LogP contribution in [0, 0.1) is 0 Å². The molecular weight excluding hydrogens is 352 g/mol. The molecule has 5 rings (SSSR count). The van der Waals surface area contributed by atoms with Crippen LogP contribution >= 0.6 is 0 Å². The molecule has 0 saturated heterocycles. The van der Waals surface area contributed by atoms with Crippen molar-refractivity contribution in [3.8, 4) is 5.75 Å². The van der Waals surface area contributed by atoms with Crippen LogP contribution in [0.25, 0.3) is 16.6 Å². The van der Waals surface area contributed by atoms with Crippen LogP contribution in [-0.2, 0) is 13.0 Å². The second-order valence-electron chi connectivity index (χ2n) is 7.10. The molecule has 1 aliphatic rings. The van der Waals surface area contributed by atoms with Crippen molar-refractivity contribution in [1.82, 2.24) is 19.6 Å². The lowest BCUT2D eigenvalue weighted by Gasteiger charge is -2.23. The molecule has 3 heterocycles. The molecule has 28 heavy (non-hydrogen) atoms. The predicted molar refractivity (Wildman–Crippen MR) is 110 cm³/mol. The molecule has 1 aliphatic heterocycles. The van der Waals surface area contributed by atoms with Gasteiger partial charge in [0.05, 0.1) is 13.7 Å². The average molecular weight is 374 g/mol. The molecule has 0 aliphatic carbocycles. The molecule has 0 unspecified atom stereocenters. The summed E-state index contributed by atoms with van der Waals surface area (Å²) in [7, 11) is 1.63. The third kappa shape index (κ3) is 2.70. The van der Waals surface area contributed by atoms with Crippen LogP contribution in [0.15, 0.2) is 42.5 Å². The summed E-state index contributed by atoms with van der Waals surface area (Å²) >= 11 is 0. The molecule has 0 saturated carbocycles. The van der Waals surface area contributed by atoms with Gasteiger partial charge in [0.1, 0.15) is 11.3 Å². The highest BCUT2D eigenvalue weighted by atomic mass is 16.5. The number of anilines is 2. The Morgan fingerprint density at radius 1 is 1.07 bits per heavy atom. The van der Waals surface area contributed by atoms with Gasteiger partial charge in [-0.1, -0.05) is 24.3 Å². The van der Waals surface area contributed by atoms with Crippen LogP contribution in [0.4, 0.5) is 11.6 Å². The van der Waals surface area contributed by atoms with Crippen LogP contribution < -0.4 is 15.4 Å². The molecule has 2 N–H and O–H groups in total. The van der Waals surface area contributed by atoms with E-state index < -0.39 is 0 Å². The number of aryl methyl sites for hydroxylation is 1. The number of hydrogen-bond acceptors (Lipinski definition) is 6. The number of aromatic nitrogens is 4. The third-order valence-electron chi connectivity index (χ3n) is 5.34. The lowest BCUT2D eigenvalue weighted by molar-refractivity contribution is 0.419. The summed E-state index contributed by atoms with van der Waals surface area (Å²) in [5.74, 6) is 1.72. The normalized spacial score (nSPS) is 14.2. The van der Waals surface area contributed by atoms with Crippen molar-refractivity contribution in [2.24, 2.45) is 0 Å². The van der Waals surface area contributed by atoms with Gasteiger partial charge >= 0.3 is 0 Å². The number of fused-ring (bicyclic) bond motifs is 4. The fourth-order valence-corrected chi connectivity index (χ4v) is 4.00. The van der Waals surface area contributed by atoms with E-state index >= 15 is 0 Å². The second kappa shape index (κ2) is 6.67. The van der Waals surface area contributed by atoms with Gasteiger partial charge in [-0.2, -0.15) is 4.52 Å². The Hall–Kier alpha value is -3.35. The number of hydrogen-bond donors (Lipinski definition) is 1. The smallest absolute Gasteiger partial charge is 0.223 e. The van der Waals surface area contributed by atoms with Crippen LogP contribution in [0.2, 0.25) is 0 Å². The first-order valence-corrected chi connectivity index (χ1v) is 9.55. The lowest BCUT2D eigenvalue weighted by Crippen LogP contribution is -2.24. The van der Waals surface area contributed by atoms with Gasteiger partial charge in [-0.15, -0.1) is 5.10 Å². The maximum absolute atomic E-state index is 6.17. The van der Waals surface area contributed by atoms with E-state index in [-0.39, 0.29) is 0 Å². The number of para-hydroxylation sites is 2. The quantitative estimate of drug-likeness (QED) is 0.593. The molecule has 0 spiro atoms. The molecule has 0 radical (unpaired) electrons. The first-order valence-electron chi connectivity index (χ1n) is 9.55. The largest absolute Gasteiger partial charge is 0.494 e. The van der Waals surface area contributed by atoms with Crippen LogP contribution in [0.3, 0.4) is 0 Å². The van der Waals surface area contributed by atoms with E-state index in [2.05, 4.69) is 39.2 Å². The zero-order valence-corrected chi connectivity index (χ0v) is 15.8. The minimum absolute atomic E-state index is 0.307. The van der Waals surface area contributed by atoms with Gasteiger partial charge in [-0.05, 0) is 43.0 Å². The minimum Gasteiger partial charge on any atom is -0.494 e. The Balaban J connectivity index is 1.59. The number of nitrogen functional groups attached to an aromatic ring is 1. The van der Waals surface area contributed by atoms with E-state index in [1.54, 1.807) is 11.6 Å². The van der Waals surface area contributed by atoms with E-state index in [9.17, 15) is 0 Å². The molecule has 2 aromatic carbocycles. The van der Waals surface area contributed by atoms with Crippen molar-refractivity contribution >= 4 is 28.2 Å². The summed E-state index contributed by atoms with van der Waals surface area (Å²) in [5.41, 5.74) is 10.2. The number of rotatable bonds is 3. The van der Waals surface area contributed by atoms with Gasteiger partial charge in [-0.3, -0.25) is 0 Å². The van der Waals surface area contributed by atoms with E-state index in [0.29, 0.717) is 29.4 Å². The Morgan fingerprint density at radius 2 is 1.96 bits per heavy atom. The molecule has 4 aromatic rings. The Labute approximate surface area is 162 Å². The maximum Gasteiger partial charge on any atom is 0.223 e. The van der Waals surface area contributed by atoms with Crippen LogP contribution in [-0.4, -0.2) is 33.2 Å². The summed E-state index contributed by atoms with van der Waals surface area (Å²) in [6.45, 7) is 1.64. The summed E-state index contributed by atoms with van der Waals surface area (Å²) in [4.78, 5) is 11.7. The molecule has 0 fully saturated rings. The van der Waals surface area contributed by atoms with Crippen molar-refractivity contribution in [1.29, 1.82) is 0 Å². The van der Waals surface area contributed by atoms with Gasteiger partial charge in [0.15, 0.2) is 11.5 Å². The summed E-state index contributed by atoms with van der Waals surface area (Å²) in [5, 5.41) is 5.53. The van der Waals surface area contributed by atoms with Gasteiger partial charge in [0.25, 0.3) is 0 Å². The molecule has 0 amide bonds. The summed E-state index contributed by atoms with van der Waals surface area (Å²) in [6.07, 6.45) is 3.48. The van der Waals surface area contributed by atoms with E-state index in [1.165, 1.54) is 17.7 Å². The zero-order valence-electron chi connectivity index (χ0n) is 15.8. The number of nitrogens with two attached hydrogens (primary N) is 1. The fourth-order valence-electron chi connectivity index (χ4n) is 4.00. The number of nitrogens with zero attached hydrogens (tertiary/aromatic N) is 5. The van der Waals surface area contributed by atoms with Crippen molar-refractivity contribution in [3.63, 3.8) is 0 Å². The Kier molecular flexibility index (Phi) is 4.00. The highest BCUT2D eigenvalue weighted by molar-refractivity contribution is 5.95. The number of methoxy groups -OCH3 is 1. The van der Waals surface area contributed by atoms with Gasteiger partial charge in [-0.25, -0.2) is 9.97 Å². The standard InChI is InChI=1S/C21H22N6O/c1-28-17-11-6-9-15-19(17)24-21(22)27-20(15)23-18(25-27)13-26-12-5-4-8-14-7-2-3-10-16(14)26/h2-3,6-7,9-11H,4-5,8,12-13H2,1H3,(H2,22,24). The van der Waals surface area contributed by atoms with Crippen molar-refractivity contribution < 1.29 is 4.74 Å². The highest BCUT2D eigenvalue weighted by Crippen LogP contribution is 2.29. The topological polar surface area (TPSA) is 81.6 Å². The molecule has 2 aromatic heterocycles. The molecular formula is C21H22N6O. The number of benzene rings is 2. The molecule has 0 atom stereocenters. The van der Waals surface area contributed by atoms with E-state index in [4.69, 9.17) is 15.5 Å². The first-order chi connectivity index (χ1) is 13.7. The van der Waals surface area contributed by atoms with Gasteiger partial charge in [0, 0.05) is 17.6 Å². The predicted octanol–water partition coefficient (Wildman–Crippen LogP) is 3.21.